The van der Waals surface area contributed by atoms with Gasteiger partial charge in [0, 0.05) is 38.1 Å². The average Bonchev–Trinajstić information content (AvgIpc) is 3.03. The lowest BCUT2D eigenvalue weighted by Crippen LogP contribution is -2.42. The van der Waals surface area contributed by atoms with Crippen LogP contribution in [0.4, 0.5) is 0 Å². The molecule has 17 heavy (non-hydrogen) atoms. The van der Waals surface area contributed by atoms with Crippen LogP contribution in [0.3, 0.4) is 0 Å². The van der Waals surface area contributed by atoms with Gasteiger partial charge in [-0.2, -0.15) is 0 Å². The fraction of sp³-hybridized carbons (Fsp3) is 0.923. The van der Waals surface area contributed by atoms with E-state index >= 15 is 0 Å². The maximum atomic E-state index is 10.7. The number of likely N-dealkylation sites (N-methyl/N-ethyl adjacent to an activating group) is 1. The molecule has 0 aromatic rings. The highest BCUT2D eigenvalue weighted by atomic mass is 16.4. The Morgan fingerprint density at radius 3 is 2.59 bits per heavy atom. The fourth-order valence-electron chi connectivity index (χ4n) is 3.04. The molecule has 0 radical (unpaired) electrons. The van der Waals surface area contributed by atoms with Crippen molar-refractivity contribution in [1.82, 2.24) is 9.80 Å². The lowest BCUT2D eigenvalue weighted by Gasteiger charge is -2.31. The molecule has 1 heterocycles. The molecule has 1 saturated heterocycles. The Hall–Kier alpha value is -0.610. The first-order valence-corrected chi connectivity index (χ1v) is 6.72. The van der Waals surface area contributed by atoms with Crippen molar-refractivity contribution in [3.05, 3.63) is 0 Å². The van der Waals surface area contributed by atoms with E-state index in [0.717, 1.165) is 32.1 Å². The summed E-state index contributed by atoms with van der Waals surface area (Å²) in [6.45, 7) is 5.59. The highest BCUT2D eigenvalue weighted by Gasteiger charge is 2.36. The van der Waals surface area contributed by atoms with E-state index in [0.29, 0.717) is 18.4 Å². The highest BCUT2D eigenvalue weighted by Crippen LogP contribution is 2.32. The minimum Gasteiger partial charge on any atom is -0.481 e. The number of aliphatic carboxylic acids is 1. The molecule has 0 aromatic heterocycles. The van der Waals surface area contributed by atoms with E-state index in [4.69, 9.17) is 5.11 Å². The molecule has 2 fully saturated rings. The minimum absolute atomic E-state index is 0.302. The third-order valence-corrected chi connectivity index (χ3v) is 3.84. The molecular formula is C13H24N2O2. The summed E-state index contributed by atoms with van der Waals surface area (Å²) in [5.41, 5.74) is 0. The molecular weight excluding hydrogens is 216 g/mol. The smallest absolute Gasteiger partial charge is 0.303 e. The summed E-state index contributed by atoms with van der Waals surface area (Å²) in [5, 5.41) is 8.84. The SMILES string of the molecule is CC1CN(C)CC(CCC(=O)O)N(C2CC2)C1. The zero-order chi connectivity index (χ0) is 12.4. The topological polar surface area (TPSA) is 43.8 Å². The van der Waals surface area contributed by atoms with Crippen LogP contribution in [0.25, 0.3) is 0 Å². The van der Waals surface area contributed by atoms with Crippen LogP contribution in [0.1, 0.15) is 32.6 Å². The van der Waals surface area contributed by atoms with E-state index in [1.165, 1.54) is 12.8 Å². The van der Waals surface area contributed by atoms with Gasteiger partial charge in [0.05, 0.1) is 0 Å². The van der Waals surface area contributed by atoms with Crippen molar-refractivity contribution < 1.29 is 9.90 Å². The van der Waals surface area contributed by atoms with Crippen LogP contribution >= 0.6 is 0 Å². The van der Waals surface area contributed by atoms with Gasteiger partial charge in [0.1, 0.15) is 0 Å². The van der Waals surface area contributed by atoms with Crippen molar-refractivity contribution in [2.24, 2.45) is 5.92 Å². The lowest BCUT2D eigenvalue weighted by molar-refractivity contribution is -0.137. The molecule has 0 bridgehead atoms. The summed E-state index contributed by atoms with van der Waals surface area (Å²) in [7, 11) is 2.15. The summed E-state index contributed by atoms with van der Waals surface area (Å²) in [5.74, 6) is 0.0242. The predicted molar refractivity (Wildman–Crippen MR) is 67.0 cm³/mol. The van der Waals surface area contributed by atoms with Crippen molar-refractivity contribution in [2.75, 3.05) is 26.7 Å². The van der Waals surface area contributed by atoms with Crippen molar-refractivity contribution in [3.63, 3.8) is 0 Å². The molecule has 0 spiro atoms. The van der Waals surface area contributed by atoms with E-state index in [2.05, 4.69) is 23.8 Å². The van der Waals surface area contributed by atoms with Crippen molar-refractivity contribution in [2.45, 2.75) is 44.7 Å². The molecule has 1 N–H and O–H groups in total. The van der Waals surface area contributed by atoms with Crippen LogP contribution in [-0.4, -0.2) is 59.6 Å². The molecule has 1 aliphatic heterocycles. The molecule has 4 heteroatoms. The zero-order valence-electron chi connectivity index (χ0n) is 10.9. The molecule has 1 aliphatic carbocycles. The Morgan fingerprint density at radius 2 is 2.00 bits per heavy atom. The molecule has 98 valence electrons. The standard InChI is InChI=1S/C13H24N2O2/c1-10-7-14(2)9-12(5-6-13(16)17)15(8-10)11-3-4-11/h10-12H,3-9H2,1-2H3,(H,16,17). The largest absolute Gasteiger partial charge is 0.481 e. The first-order valence-electron chi connectivity index (χ1n) is 6.72. The van der Waals surface area contributed by atoms with E-state index in [1.807, 2.05) is 0 Å². The van der Waals surface area contributed by atoms with Crippen molar-refractivity contribution in [1.29, 1.82) is 0 Å². The van der Waals surface area contributed by atoms with Crippen molar-refractivity contribution in [3.8, 4) is 0 Å². The molecule has 2 atom stereocenters. The van der Waals surface area contributed by atoms with Gasteiger partial charge in [-0.05, 0) is 32.2 Å². The van der Waals surface area contributed by atoms with E-state index < -0.39 is 5.97 Å². The number of carbonyl (C=O) groups is 1. The minimum atomic E-state index is -0.666. The Labute approximate surface area is 104 Å². The van der Waals surface area contributed by atoms with Crippen LogP contribution in [0.15, 0.2) is 0 Å². The summed E-state index contributed by atoms with van der Waals surface area (Å²) >= 11 is 0. The van der Waals surface area contributed by atoms with Gasteiger partial charge in [-0.1, -0.05) is 6.92 Å². The Kier molecular flexibility index (Phi) is 4.05. The van der Waals surface area contributed by atoms with Gasteiger partial charge < -0.3 is 10.0 Å². The van der Waals surface area contributed by atoms with Crippen LogP contribution in [-0.2, 0) is 4.79 Å². The number of rotatable bonds is 4. The second-order valence-electron chi connectivity index (χ2n) is 5.84. The number of carboxylic acids is 1. The highest BCUT2D eigenvalue weighted by molar-refractivity contribution is 5.66. The number of hydrogen-bond donors (Lipinski definition) is 1. The first-order chi connectivity index (χ1) is 8.06. The Morgan fingerprint density at radius 1 is 1.29 bits per heavy atom. The van der Waals surface area contributed by atoms with Gasteiger partial charge in [-0.3, -0.25) is 9.69 Å². The molecule has 4 nitrogen and oxygen atoms in total. The van der Waals surface area contributed by atoms with Gasteiger partial charge in [0.25, 0.3) is 0 Å². The number of carboxylic acid groups (broad SMARTS) is 1. The van der Waals surface area contributed by atoms with Crippen molar-refractivity contribution >= 4 is 5.97 Å². The van der Waals surface area contributed by atoms with Crippen LogP contribution in [0.2, 0.25) is 0 Å². The monoisotopic (exact) mass is 240 g/mol. The lowest BCUT2D eigenvalue weighted by atomic mass is 10.1. The molecule has 0 aromatic carbocycles. The van der Waals surface area contributed by atoms with Gasteiger partial charge in [-0.25, -0.2) is 0 Å². The van der Waals surface area contributed by atoms with Crippen LogP contribution < -0.4 is 0 Å². The number of hydrogen-bond acceptors (Lipinski definition) is 3. The average molecular weight is 240 g/mol. The molecule has 2 aliphatic rings. The number of nitrogens with zero attached hydrogens (tertiary/aromatic N) is 2. The summed E-state index contributed by atoms with van der Waals surface area (Å²) in [4.78, 5) is 15.7. The van der Waals surface area contributed by atoms with Crippen LogP contribution in [0.5, 0.6) is 0 Å². The van der Waals surface area contributed by atoms with Gasteiger partial charge >= 0.3 is 5.97 Å². The molecule has 2 unspecified atom stereocenters. The van der Waals surface area contributed by atoms with E-state index in [1.54, 1.807) is 0 Å². The molecule has 2 rings (SSSR count). The molecule has 1 saturated carbocycles. The van der Waals surface area contributed by atoms with E-state index in [9.17, 15) is 4.79 Å². The van der Waals surface area contributed by atoms with E-state index in [-0.39, 0.29) is 0 Å². The second kappa shape index (κ2) is 5.36. The second-order valence-corrected chi connectivity index (χ2v) is 5.84. The van der Waals surface area contributed by atoms with Gasteiger partial charge in [0.2, 0.25) is 0 Å². The summed E-state index contributed by atoms with van der Waals surface area (Å²) in [6.07, 6.45) is 3.71. The maximum absolute atomic E-state index is 10.7. The Balaban J connectivity index is 1.98. The summed E-state index contributed by atoms with van der Waals surface area (Å²) in [6, 6.07) is 1.18. The Bertz CT molecular complexity index is 279. The van der Waals surface area contributed by atoms with Gasteiger partial charge in [0.15, 0.2) is 0 Å². The quantitative estimate of drug-likeness (QED) is 0.803. The van der Waals surface area contributed by atoms with Crippen LogP contribution in [0, 0.1) is 5.92 Å². The third-order valence-electron chi connectivity index (χ3n) is 3.84. The fourth-order valence-corrected chi connectivity index (χ4v) is 3.04. The molecule has 0 amide bonds. The first kappa shape index (κ1) is 12.8. The zero-order valence-corrected chi connectivity index (χ0v) is 10.9. The third kappa shape index (κ3) is 3.68. The van der Waals surface area contributed by atoms with Gasteiger partial charge in [-0.15, -0.1) is 0 Å². The predicted octanol–water partition coefficient (Wildman–Crippen LogP) is 1.27. The summed E-state index contributed by atoms with van der Waals surface area (Å²) < 4.78 is 0. The normalized spacial score (nSPS) is 32.4. The maximum Gasteiger partial charge on any atom is 0.303 e.